The number of nitrogens with one attached hydrogen (secondary N) is 2. The summed E-state index contributed by atoms with van der Waals surface area (Å²) in [4.78, 5) is 26.8. The number of nitrogens with two attached hydrogens (primary N) is 1. The van der Waals surface area contributed by atoms with Crippen LogP contribution in [0, 0.1) is 0 Å². The summed E-state index contributed by atoms with van der Waals surface area (Å²) in [5.41, 5.74) is 8.79. The number of aromatic amines is 1. The fourth-order valence-electron chi connectivity index (χ4n) is 3.52. The van der Waals surface area contributed by atoms with Crippen LogP contribution in [-0.2, 0) is 0 Å². The second-order valence-electron chi connectivity index (χ2n) is 6.75. The first-order valence-corrected chi connectivity index (χ1v) is 9.84. The molecule has 0 bridgehead atoms. The lowest BCUT2D eigenvalue weighted by Crippen LogP contribution is -2.43. The van der Waals surface area contributed by atoms with E-state index in [0.29, 0.717) is 17.2 Å². The fraction of sp³-hybridized carbons (Fsp3) is 0.316. The summed E-state index contributed by atoms with van der Waals surface area (Å²) in [6.07, 6.45) is 5.55. The Morgan fingerprint density at radius 1 is 1.45 bits per heavy atom. The van der Waals surface area contributed by atoms with Crippen molar-refractivity contribution < 1.29 is 9.53 Å². The van der Waals surface area contributed by atoms with Crippen LogP contribution in [0.15, 0.2) is 35.1 Å². The van der Waals surface area contributed by atoms with Gasteiger partial charge in [0.05, 0.1) is 28.3 Å². The zero-order chi connectivity index (χ0) is 19.7. The van der Waals surface area contributed by atoms with Crippen molar-refractivity contribution in [3.05, 3.63) is 40.8 Å². The van der Waals surface area contributed by atoms with Gasteiger partial charge in [0.1, 0.15) is 11.3 Å². The van der Waals surface area contributed by atoms with Gasteiger partial charge in [0.15, 0.2) is 0 Å². The molecule has 1 aliphatic rings. The van der Waals surface area contributed by atoms with Gasteiger partial charge in [0.25, 0.3) is 5.91 Å². The van der Waals surface area contributed by atoms with Crippen LogP contribution in [0.3, 0.4) is 0 Å². The third-order valence-corrected chi connectivity index (χ3v) is 5.40. The molecule has 29 heavy (non-hydrogen) atoms. The molecule has 8 nitrogen and oxygen atoms in total. The van der Waals surface area contributed by atoms with Crippen LogP contribution in [0.4, 0.5) is 11.4 Å². The first-order chi connectivity index (χ1) is 13.6. The van der Waals surface area contributed by atoms with Gasteiger partial charge in [-0.15, -0.1) is 12.4 Å². The lowest BCUT2D eigenvalue weighted by atomic mass is 10.1. The molecule has 4 heterocycles. The zero-order valence-corrected chi connectivity index (χ0v) is 18.2. The quantitative estimate of drug-likeness (QED) is 0.527. The number of anilines is 2. The molecule has 4 rings (SSSR count). The van der Waals surface area contributed by atoms with E-state index in [2.05, 4.69) is 41.1 Å². The summed E-state index contributed by atoms with van der Waals surface area (Å²) in [6.45, 7) is 1.66. The Labute approximate surface area is 182 Å². The number of fused-ring (bicyclic) bond motifs is 1. The normalized spacial score (nSPS) is 16.4. The van der Waals surface area contributed by atoms with Crippen LogP contribution in [0.1, 0.15) is 23.3 Å². The Hall–Kier alpha value is -2.36. The molecule has 0 unspecified atom stereocenters. The van der Waals surface area contributed by atoms with E-state index in [1.54, 1.807) is 30.6 Å². The van der Waals surface area contributed by atoms with Crippen LogP contribution in [0.25, 0.3) is 11.0 Å². The molecule has 0 saturated carbocycles. The summed E-state index contributed by atoms with van der Waals surface area (Å²) < 4.78 is 5.97. The number of carbonyl (C=O) groups excluding carboxylic acids is 1. The Kier molecular flexibility index (Phi) is 6.61. The van der Waals surface area contributed by atoms with E-state index in [9.17, 15) is 4.79 Å². The Morgan fingerprint density at radius 2 is 2.28 bits per heavy atom. The minimum Gasteiger partial charge on any atom is -0.481 e. The van der Waals surface area contributed by atoms with E-state index in [1.165, 1.54) is 7.11 Å². The molecule has 0 radical (unpaired) electrons. The number of H-pyrrole nitrogens is 1. The zero-order valence-electron chi connectivity index (χ0n) is 15.8. The van der Waals surface area contributed by atoms with Crippen molar-refractivity contribution >= 4 is 56.7 Å². The molecule has 10 heteroatoms. The van der Waals surface area contributed by atoms with Crippen molar-refractivity contribution in [3.8, 4) is 5.88 Å². The van der Waals surface area contributed by atoms with E-state index in [1.807, 2.05) is 0 Å². The van der Waals surface area contributed by atoms with Crippen LogP contribution in [0.5, 0.6) is 5.88 Å². The SMILES string of the molecule is COc1cccc(C(=O)Nc2c[nH]c3ncc(Br)c(N4CCC[C@@H](N)C4)c23)n1.Cl. The number of methoxy groups -OCH3 is 1. The number of halogens is 2. The number of piperidine rings is 1. The number of rotatable bonds is 4. The summed E-state index contributed by atoms with van der Waals surface area (Å²) in [5.74, 6) is 0.0695. The third-order valence-electron chi connectivity index (χ3n) is 4.82. The molecule has 1 fully saturated rings. The number of aromatic nitrogens is 3. The first-order valence-electron chi connectivity index (χ1n) is 9.05. The second-order valence-corrected chi connectivity index (χ2v) is 7.60. The van der Waals surface area contributed by atoms with Crippen molar-refractivity contribution in [1.29, 1.82) is 0 Å². The summed E-state index contributed by atoms with van der Waals surface area (Å²) in [5, 5.41) is 3.79. The fourth-order valence-corrected chi connectivity index (χ4v) is 4.07. The van der Waals surface area contributed by atoms with Crippen molar-refractivity contribution in [3.63, 3.8) is 0 Å². The second kappa shape index (κ2) is 8.98. The van der Waals surface area contributed by atoms with Gasteiger partial charge in [-0.1, -0.05) is 6.07 Å². The first kappa shape index (κ1) is 21.4. The summed E-state index contributed by atoms with van der Waals surface area (Å²) in [7, 11) is 1.52. The van der Waals surface area contributed by atoms with Gasteiger partial charge in [0.2, 0.25) is 5.88 Å². The minimum absolute atomic E-state index is 0. The lowest BCUT2D eigenvalue weighted by Gasteiger charge is -2.33. The highest BCUT2D eigenvalue weighted by Gasteiger charge is 2.24. The van der Waals surface area contributed by atoms with Crippen molar-refractivity contribution in [2.45, 2.75) is 18.9 Å². The maximum Gasteiger partial charge on any atom is 0.274 e. The molecule has 3 aromatic rings. The van der Waals surface area contributed by atoms with Crippen LogP contribution in [0.2, 0.25) is 0 Å². The average molecular weight is 482 g/mol. The molecule has 0 spiro atoms. The maximum atomic E-state index is 12.7. The summed E-state index contributed by atoms with van der Waals surface area (Å²) >= 11 is 3.62. The number of carbonyl (C=O) groups is 1. The monoisotopic (exact) mass is 480 g/mol. The molecule has 0 aliphatic carbocycles. The standard InChI is InChI=1S/C19H21BrN6O2.ClH/c1-28-15-6-2-5-13(24-15)19(27)25-14-9-23-18-16(14)17(12(20)8-22-18)26-7-3-4-11(21)10-26;/h2,5-6,8-9,11H,3-4,7,10,21H2,1H3,(H,22,23)(H,25,27);1H/t11-;/m1./s1. The van der Waals surface area contributed by atoms with Crippen molar-refractivity contribution in [2.75, 3.05) is 30.4 Å². The Morgan fingerprint density at radius 3 is 3.03 bits per heavy atom. The van der Waals surface area contributed by atoms with E-state index in [0.717, 1.165) is 41.5 Å². The van der Waals surface area contributed by atoms with E-state index in [-0.39, 0.29) is 30.0 Å². The maximum absolute atomic E-state index is 12.7. The molecular formula is C19H22BrClN6O2. The molecule has 1 amide bonds. The number of amides is 1. The van der Waals surface area contributed by atoms with Crippen molar-refractivity contribution in [1.82, 2.24) is 15.0 Å². The Balaban J connectivity index is 0.00000240. The molecule has 1 saturated heterocycles. The van der Waals surface area contributed by atoms with Gasteiger partial charge < -0.3 is 25.7 Å². The highest BCUT2D eigenvalue weighted by Crippen LogP contribution is 2.38. The molecular weight excluding hydrogens is 460 g/mol. The van der Waals surface area contributed by atoms with Crippen LogP contribution < -0.4 is 20.7 Å². The number of pyridine rings is 2. The minimum atomic E-state index is -0.318. The van der Waals surface area contributed by atoms with Gasteiger partial charge in [-0.05, 0) is 34.8 Å². The van der Waals surface area contributed by atoms with Crippen molar-refractivity contribution in [2.24, 2.45) is 5.73 Å². The lowest BCUT2D eigenvalue weighted by molar-refractivity contribution is 0.102. The highest BCUT2D eigenvalue weighted by atomic mass is 79.9. The molecule has 4 N–H and O–H groups in total. The van der Waals surface area contributed by atoms with Gasteiger partial charge in [0, 0.05) is 37.6 Å². The predicted octanol–water partition coefficient (Wildman–Crippen LogP) is 3.33. The largest absolute Gasteiger partial charge is 0.481 e. The van der Waals surface area contributed by atoms with E-state index >= 15 is 0 Å². The molecule has 1 aliphatic heterocycles. The van der Waals surface area contributed by atoms with Crippen LogP contribution >= 0.6 is 28.3 Å². The smallest absolute Gasteiger partial charge is 0.274 e. The van der Waals surface area contributed by atoms with Crippen LogP contribution in [-0.4, -0.2) is 47.1 Å². The molecule has 1 atom stereocenters. The van der Waals surface area contributed by atoms with Gasteiger partial charge in [-0.25, -0.2) is 9.97 Å². The number of ether oxygens (including phenoxy) is 1. The van der Waals surface area contributed by atoms with E-state index in [4.69, 9.17) is 10.5 Å². The van der Waals surface area contributed by atoms with Gasteiger partial charge in [-0.3, -0.25) is 4.79 Å². The molecule has 0 aromatic carbocycles. The number of hydrogen-bond donors (Lipinski definition) is 3. The van der Waals surface area contributed by atoms with Gasteiger partial charge in [-0.2, -0.15) is 0 Å². The number of nitrogens with zero attached hydrogens (tertiary/aromatic N) is 3. The molecule has 154 valence electrons. The highest BCUT2D eigenvalue weighted by molar-refractivity contribution is 9.10. The van der Waals surface area contributed by atoms with E-state index < -0.39 is 0 Å². The predicted molar refractivity (Wildman–Crippen MR) is 119 cm³/mol. The third kappa shape index (κ3) is 4.31. The Bertz CT molecular complexity index is 1030. The number of hydrogen-bond acceptors (Lipinski definition) is 6. The molecule has 3 aromatic heterocycles. The summed E-state index contributed by atoms with van der Waals surface area (Å²) in [6, 6.07) is 5.20. The average Bonchev–Trinajstić information content (AvgIpc) is 3.10. The van der Waals surface area contributed by atoms with Gasteiger partial charge >= 0.3 is 0 Å². The topological polar surface area (TPSA) is 109 Å².